The summed E-state index contributed by atoms with van der Waals surface area (Å²) < 4.78 is 5.36. The van der Waals surface area contributed by atoms with E-state index in [4.69, 9.17) is 0 Å². The molecule has 2 aromatic heterocycles. The van der Waals surface area contributed by atoms with E-state index in [9.17, 15) is 0 Å². The number of hydrogen-bond donors (Lipinski definition) is 0. The second kappa shape index (κ2) is 14.9. The number of hydrogen-bond acceptors (Lipinski definition) is 0. The maximum Gasteiger partial charge on any atom is 0.247 e. The smallest absolute Gasteiger partial charge is 0.247 e. The summed E-state index contributed by atoms with van der Waals surface area (Å²) in [5.74, 6) is 1.46. The Balaban J connectivity index is 1.36. The van der Waals surface area contributed by atoms with Crippen LogP contribution in [0.25, 0.3) is 55.0 Å². The van der Waals surface area contributed by atoms with Crippen molar-refractivity contribution >= 4 is 89.8 Å². The monoisotopic (exact) mass is 861 g/mol. The normalized spacial score (nSPS) is 13.8. The minimum absolute atomic E-state index is 0.0271. The van der Waals surface area contributed by atoms with Crippen LogP contribution in [0.5, 0.6) is 0 Å². The van der Waals surface area contributed by atoms with Crippen LogP contribution in [-0.2, 0) is 10.8 Å². The largest absolute Gasteiger partial charge is 0.310 e. The first kappa shape index (κ1) is 42.9. The van der Waals surface area contributed by atoms with Crippen LogP contribution >= 0.6 is 0 Å². The van der Waals surface area contributed by atoms with Crippen LogP contribution in [0.1, 0.15) is 154 Å². The van der Waals surface area contributed by atoms with Crippen molar-refractivity contribution in [2.75, 3.05) is 0 Å². The van der Waals surface area contributed by atoms with E-state index in [0.717, 1.165) is 0 Å². The highest BCUT2D eigenvalue weighted by molar-refractivity contribution is 7.00. The van der Waals surface area contributed by atoms with Gasteiger partial charge in [0.15, 0.2) is 0 Å². The van der Waals surface area contributed by atoms with Crippen molar-refractivity contribution in [3.63, 3.8) is 0 Å². The summed E-state index contributed by atoms with van der Waals surface area (Å²) in [6, 6.07) is 48.7. The van der Waals surface area contributed by atoms with E-state index in [-0.39, 0.29) is 24.3 Å². The van der Waals surface area contributed by atoms with Gasteiger partial charge in [-0.05, 0) is 126 Å². The molecule has 0 unspecified atom stereocenters. The van der Waals surface area contributed by atoms with Gasteiger partial charge >= 0.3 is 0 Å². The molecule has 0 atom stereocenters. The molecule has 2 aliphatic heterocycles. The predicted molar refractivity (Wildman–Crippen MR) is 291 cm³/mol. The van der Waals surface area contributed by atoms with Crippen LogP contribution in [0.3, 0.4) is 0 Å². The van der Waals surface area contributed by atoms with E-state index in [2.05, 4.69) is 227 Å². The van der Waals surface area contributed by atoms with E-state index in [1.54, 1.807) is 0 Å². The number of rotatable bonds is 6. The Hall–Kier alpha value is -5.73. The fourth-order valence-electron chi connectivity index (χ4n) is 12.4. The van der Waals surface area contributed by atoms with Gasteiger partial charge in [-0.15, -0.1) is 0 Å². The third-order valence-corrected chi connectivity index (χ3v) is 15.7. The summed E-state index contributed by atoms with van der Waals surface area (Å²) in [5.41, 5.74) is 25.1. The van der Waals surface area contributed by atoms with E-state index in [1.165, 1.54) is 121 Å². The van der Waals surface area contributed by atoms with E-state index in [1.807, 2.05) is 0 Å². The SMILES string of the molecule is CC(C)c1cccc(C(C)C)c1B1c2cc3c(cc2-n2c4ccc(C(C)(C)C)cc4c4cccc1c42)B(c1c(C(C)C)cccc1C(C)C)c1cccc2c4cc(C(C)(C)C)ccc4n-3c12. The van der Waals surface area contributed by atoms with E-state index >= 15 is 0 Å². The Morgan fingerprint density at radius 2 is 0.697 bits per heavy atom. The quantitative estimate of drug-likeness (QED) is 0.147. The molecule has 0 amide bonds. The van der Waals surface area contributed by atoms with Crippen LogP contribution in [0.15, 0.2) is 121 Å². The lowest BCUT2D eigenvalue weighted by molar-refractivity contribution is 0.591. The molecule has 0 fully saturated rings. The summed E-state index contributed by atoms with van der Waals surface area (Å²) in [4.78, 5) is 0. The van der Waals surface area contributed by atoms with Crippen molar-refractivity contribution in [2.24, 2.45) is 0 Å². The standard InChI is InChI=1S/C62H66B2N2/c1-35(2)41-19-15-20-42(36(3)4)57(41)63-49-25-17-23-45-47-31-39(61(9,10)11)27-29-53(47)65(59(45)49)55-34-52-56(33-51(55)63)66-54-30-28-40(62(12,13)14)32-48(54)46-24-18-26-50(60(46)66)64(52)58-43(37(5)6)21-16-22-44(58)38(7)8/h15-38H,1-14H3. The molecule has 4 heterocycles. The molecule has 0 bridgehead atoms. The molecule has 0 N–H and O–H groups in total. The molecule has 0 aliphatic carbocycles. The second-order valence-corrected chi connectivity index (χ2v) is 23.3. The maximum atomic E-state index is 2.68. The second-order valence-electron chi connectivity index (χ2n) is 23.3. The molecule has 0 saturated carbocycles. The van der Waals surface area contributed by atoms with Gasteiger partial charge in [-0.25, -0.2) is 0 Å². The highest BCUT2D eigenvalue weighted by atomic mass is 15.0. The zero-order valence-corrected chi connectivity index (χ0v) is 41.9. The van der Waals surface area contributed by atoms with Gasteiger partial charge in [-0.1, -0.05) is 193 Å². The molecule has 330 valence electrons. The van der Waals surface area contributed by atoms with Gasteiger partial charge in [0.2, 0.25) is 13.4 Å². The number of aromatic nitrogens is 2. The molecule has 66 heavy (non-hydrogen) atoms. The molecule has 0 spiro atoms. The van der Waals surface area contributed by atoms with Crippen LogP contribution in [0, 0.1) is 0 Å². The zero-order valence-electron chi connectivity index (χ0n) is 41.9. The zero-order chi connectivity index (χ0) is 46.5. The van der Waals surface area contributed by atoms with Crippen molar-refractivity contribution < 1.29 is 0 Å². The Morgan fingerprint density at radius 3 is 1.02 bits per heavy atom. The molecule has 11 rings (SSSR count). The maximum absolute atomic E-state index is 2.68. The molecule has 2 nitrogen and oxygen atoms in total. The minimum atomic E-state index is 0.0271. The van der Waals surface area contributed by atoms with Crippen molar-refractivity contribution in [1.82, 2.24) is 9.13 Å². The van der Waals surface area contributed by atoms with Gasteiger partial charge in [-0.3, -0.25) is 0 Å². The lowest BCUT2D eigenvalue weighted by Gasteiger charge is -2.35. The van der Waals surface area contributed by atoms with Crippen molar-refractivity contribution in [2.45, 2.75) is 131 Å². The molecule has 4 heteroatoms. The number of benzene rings is 7. The van der Waals surface area contributed by atoms with Gasteiger partial charge in [0.1, 0.15) is 0 Å². The molecule has 9 aromatic rings. The van der Waals surface area contributed by atoms with Crippen LogP contribution < -0.4 is 32.8 Å². The lowest BCUT2D eigenvalue weighted by Crippen LogP contribution is -2.61. The molecular formula is C62H66B2N2. The highest BCUT2D eigenvalue weighted by Crippen LogP contribution is 2.40. The average Bonchev–Trinajstić information content (AvgIpc) is 3.79. The summed E-state index contributed by atoms with van der Waals surface area (Å²) in [7, 11) is 0. The summed E-state index contributed by atoms with van der Waals surface area (Å²) in [6.07, 6.45) is 0. The Labute approximate surface area is 394 Å². The topological polar surface area (TPSA) is 9.86 Å². The minimum Gasteiger partial charge on any atom is -0.310 e. The van der Waals surface area contributed by atoms with Gasteiger partial charge in [0.25, 0.3) is 0 Å². The number of nitrogens with zero attached hydrogens (tertiary/aromatic N) is 2. The summed E-state index contributed by atoms with van der Waals surface area (Å²) >= 11 is 0. The first-order valence-electron chi connectivity index (χ1n) is 25.0. The third-order valence-electron chi connectivity index (χ3n) is 15.7. The van der Waals surface area contributed by atoms with Gasteiger partial charge < -0.3 is 9.13 Å². The van der Waals surface area contributed by atoms with Crippen LogP contribution in [0.4, 0.5) is 0 Å². The Bertz CT molecular complexity index is 3180. The molecule has 0 radical (unpaired) electrons. The lowest BCUT2D eigenvalue weighted by atomic mass is 9.31. The first-order valence-corrected chi connectivity index (χ1v) is 25.0. The van der Waals surface area contributed by atoms with Crippen LogP contribution in [0.2, 0.25) is 0 Å². The Kier molecular flexibility index (Phi) is 9.67. The third kappa shape index (κ3) is 6.15. The summed E-state index contributed by atoms with van der Waals surface area (Å²) in [6.45, 7) is 33.2. The molecule has 2 aliphatic rings. The van der Waals surface area contributed by atoms with Gasteiger partial charge in [-0.2, -0.15) is 0 Å². The Morgan fingerprint density at radius 1 is 0.364 bits per heavy atom. The van der Waals surface area contributed by atoms with Crippen molar-refractivity contribution in [3.05, 3.63) is 155 Å². The summed E-state index contributed by atoms with van der Waals surface area (Å²) in [5, 5.41) is 5.37. The van der Waals surface area contributed by atoms with Gasteiger partial charge in [0, 0.05) is 44.0 Å². The highest BCUT2D eigenvalue weighted by Gasteiger charge is 2.42. The predicted octanol–water partition coefficient (Wildman–Crippen LogP) is 12.6. The van der Waals surface area contributed by atoms with Crippen molar-refractivity contribution in [3.8, 4) is 11.4 Å². The molecule has 0 saturated heterocycles. The average molecular weight is 861 g/mol. The van der Waals surface area contributed by atoms with Crippen molar-refractivity contribution in [1.29, 1.82) is 0 Å². The fourth-order valence-corrected chi connectivity index (χ4v) is 12.4. The van der Waals surface area contributed by atoms with E-state index in [0.29, 0.717) is 23.7 Å². The van der Waals surface area contributed by atoms with Crippen LogP contribution in [-0.4, -0.2) is 22.6 Å². The first-order chi connectivity index (χ1) is 31.4. The molecule has 7 aromatic carbocycles. The fraction of sp³-hybridized carbons (Fsp3) is 0.323. The number of para-hydroxylation sites is 2. The van der Waals surface area contributed by atoms with Gasteiger partial charge in [0.05, 0.1) is 11.0 Å². The van der Waals surface area contributed by atoms with E-state index < -0.39 is 0 Å². The number of fused-ring (bicyclic) bond motifs is 10. The molecular weight excluding hydrogens is 794 g/mol.